The van der Waals surface area contributed by atoms with Gasteiger partial charge in [0.1, 0.15) is 11.6 Å². The number of hydrogen-bond donors (Lipinski definition) is 4. The molecule has 8 nitrogen and oxygen atoms in total. The van der Waals surface area contributed by atoms with E-state index in [1.807, 2.05) is 6.07 Å². The van der Waals surface area contributed by atoms with E-state index in [4.69, 9.17) is 16.2 Å². The van der Waals surface area contributed by atoms with E-state index in [-0.39, 0.29) is 5.91 Å². The molecule has 150 valence electrons. The van der Waals surface area contributed by atoms with E-state index < -0.39 is 23.6 Å². The molecule has 0 saturated heterocycles. The molecule has 1 atom stereocenters. The molecule has 1 aromatic rings. The van der Waals surface area contributed by atoms with Gasteiger partial charge < -0.3 is 26.8 Å². The van der Waals surface area contributed by atoms with Crippen molar-refractivity contribution in [3.8, 4) is 0 Å². The minimum atomic E-state index is -0.809. The van der Waals surface area contributed by atoms with Crippen molar-refractivity contribution >= 4 is 17.9 Å². The zero-order chi connectivity index (χ0) is 20.4. The highest BCUT2D eigenvalue weighted by Gasteiger charge is 2.22. The first-order valence-electron chi connectivity index (χ1n) is 8.98. The van der Waals surface area contributed by atoms with Crippen molar-refractivity contribution in [3.05, 3.63) is 35.4 Å². The van der Waals surface area contributed by atoms with Crippen LogP contribution in [0.15, 0.2) is 24.3 Å². The number of amides is 3. The van der Waals surface area contributed by atoms with E-state index in [2.05, 4.69) is 10.6 Å². The molecule has 0 aliphatic carbocycles. The van der Waals surface area contributed by atoms with Crippen LogP contribution in [0, 0.1) is 0 Å². The first-order chi connectivity index (χ1) is 12.6. The number of hydrogen-bond acceptors (Lipinski definition) is 5. The van der Waals surface area contributed by atoms with Crippen LogP contribution in [0.1, 0.15) is 56.0 Å². The highest BCUT2D eigenvalue weighted by Crippen LogP contribution is 2.08. The molecule has 27 heavy (non-hydrogen) atoms. The van der Waals surface area contributed by atoms with E-state index >= 15 is 0 Å². The summed E-state index contributed by atoms with van der Waals surface area (Å²) in [4.78, 5) is 35.3. The number of carbonyl (C=O) groups is 3. The summed E-state index contributed by atoms with van der Waals surface area (Å²) in [7, 11) is 0. The molecule has 3 amide bonds. The van der Waals surface area contributed by atoms with E-state index in [1.54, 1.807) is 39.0 Å². The summed E-state index contributed by atoms with van der Waals surface area (Å²) < 4.78 is 5.12. The maximum absolute atomic E-state index is 12.1. The van der Waals surface area contributed by atoms with Crippen LogP contribution >= 0.6 is 0 Å². The van der Waals surface area contributed by atoms with Gasteiger partial charge in [0, 0.05) is 18.7 Å². The van der Waals surface area contributed by atoms with Gasteiger partial charge in [-0.05, 0) is 57.7 Å². The Bertz CT molecular complexity index is 655. The fraction of sp³-hybridized carbons (Fsp3) is 0.526. The molecule has 0 unspecified atom stereocenters. The summed E-state index contributed by atoms with van der Waals surface area (Å²) in [5.74, 6) is -0.799. The van der Waals surface area contributed by atoms with Gasteiger partial charge in [-0.1, -0.05) is 12.1 Å². The van der Waals surface area contributed by atoms with Crippen LogP contribution in [0.4, 0.5) is 4.79 Å². The van der Waals surface area contributed by atoms with E-state index in [1.165, 1.54) is 0 Å². The van der Waals surface area contributed by atoms with E-state index in [0.717, 1.165) is 5.56 Å². The smallest absolute Gasteiger partial charge is 0.408 e. The van der Waals surface area contributed by atoms with Crippen LogP contribution in [-0.2, 0) is 16.1 Å². The molecule has 0 aromatic heterocycles. The second kappa shape index (κ2) is 10.5. The van der Waals surface area contributed by atoms with Crippen molar-refractivity contribution in [2.75, 3.05) is 6.54 Å². The Hall–Kier alpha value is -2.61. The Balaban J connectivity index is 2.36. The summed E-state index contributed by atoms with van der Waals surface area (Å²) in [5, 5.41) is 5.29. The first-order valence-corrected chi connectivity index (χ1v) is 8.98. The fourth-order valence-corrected chi connectivity index (χ4v) is 2.35. The highest BCUT2D eigenvalue weighted by molar-refractivity contribution is 5.94. The number of alkyl carbamates (subject to hydrolysis) is 1. The van der Waals surface area contributed by atoms with Crippen molar-refractivity contribution in [2.24, 2.45) is 11.5 Å². The van der Waals surface area contributed by atoms with Crippen LogP contribution in [-0.4, -0.2) is 36.1 Å². The minimum Gasteiger partial charge on any atom is -0.444 e. The van der Waals surface area contributed by atoms with Gasteiger partial charge >= 0.3 is 6.09 Å². The summed E-state index contributed by atoms with van der Waals surface area (Å²) in [5.41, 5.74) is 11.7. The number of unbranched alkanes of at least 4 members (excludes halogenated alkanes) is 1. The van der Waals surface area contributed by atoms with Gasteiger partial charge in [0.2, 0.25) is 5.91 Å². The third-order valence-corrected chi connectivity index (χ3v) is 3.66. The van der Waals surface area contributed by atoms with Gasteiger partial charge in [-0.2, -0.15) is 0 Å². The highest BCUT2D eigenvalue weighted by atomic mass is 16.6. The molecule has 1 aromatic carbocycles. The number of carbonyl (C=O) groups excluding carboxylic acids is 3. The number of benzene rings is 1. The lowest BCUT2D eigenvalue weighted by Crippen LogP contribution is -2.46. The zero-order valence-corrected chi connectivity index (χ0v) is 16.2. The molecule has 6 N–H and O–H groups in total. The maximum Gasteiger partial charge on any atom is 0.408 e. The SMILES string of the molecule is CC(C)(C)OC(=O)N[C@@H](CCCCNC(=O)c1cccc(CN)c1)C(N)=O. The fourth-order valence-electron chi connectivity index (χ4n) is 2.35. The third-order valence-electron chi connectivity index (χ3n) is 3.66. The molecule has 0 radical (unpaired) electrons. The molecule has 0 spiro atoms. The number of rotatable bonds is 9. The Morgan fingerprint density at radius 3 is 2.48 bits per heavy atom. The predicted molar refractivity (Wildman–Crippen MR) is 103 cm³/mol. The molecule has 0 saturated carbocycles. The molecule has 0 aliphatic rings. The van der Waals surface area contributed by atoms with Crippen molar-refractivity contribution in [1.29, 1.82) is 0 Å². The second-order valence-electron chi connectivity index (χ2n) is 7.26. The molecule has 0 heterocycles. The molecular formula is C19H30N4O4. The van der Waals surface area contributed by atoms with E-state index in [0.29, 0.717) is 37.9 Å². The van der Waals surface area contributed by atoms with Crippen LogP contribution in [0.2, 0.25) is 0 Å². The normalized spacial score (nSPS) is 12.1. The zero-order valence-electron chi connectivity index (χ0n) is 16.2. The van der Waals surface area contributed by atoms with Gasteiger partial charge in [-0.25, -0.2) is 4.79 Å². The van der Waals surface area contributed by atoms with Crippen LogP contribution in [0.5, 0.6) is 0 Å². The molecule has 0 aliphatic heterocycles. The van der Waals surface area contributed by atoms with Crippen molar-refractivity contribution in [1.82, 2.24) is 10.6 Å². The Morgan fingerprint density at radius 2 is 1.89 bits per heavy atom. The molecule has 0 bridgehead atoms. The number of primary amides is 1. The van der Waals surface area contributed by atoms with Crippen molar-refractivity contribution < 1.29 is 19.1 Å². The summed E-state index contributed by atoms with van der Waals surface area (Å²) >= 11 is 0. The second-order valence-corrected chi connectivity index (χ2v) is 7.26. The largest absolute Gasteiger partial charge is 0.444 e. The summed E-state index contributed by atoms with van der Waals surface area (Å²) in [6.45, 7) is 6.02. The van der Waals surface area contributed by atoms with Crippen molar-refractivity contribution in [2.45, 2.75) is 58.2 Å². The monoisotopic (exact) mass is 378 g/mol. The Kier molecular flexibility index (Phi) is 8.74. The summed E-state index contributed by atoms with van der Waals surface area (Å²) in [6, 6.07) is 6.32. The standard InChI is InChI=1S/C19H30N4O4/c1-19(2,3)27-18(26)23-15(16(21)24)9-4-5-10-22-17(25)14-8-6-7-13(11-14)12-20/h6-8,11,15H,4-5,9-10,12,20H2,1-3H3,(H2,21,24)(H,22,25)(H,23,26)/t15-/m0/s1. The van der Waals surface area contributed by atoms with Crippen LogP contribution in [0.25, 0.3) is 0 Å². The van der Waals surface area contributed by atoms with Gasteiger partial charge in [0.05, 0.1) is 0 Å². The first kappa shape index (κ1) is 22.4. The maximum atomic E-state index is 12.1. The number of nitrogens with two attached hydrogens (primary N) is 2. The third kappa shape index (κ3) is 9.05. The van der Waals surface area contributed by atoms with Crippen molar-refractivity contribution in [3.63, 3.8) is 0 Å². The lowest BCUT2D eigenvalue weighted by Gasteiger charge is -2.22. The molecule has 8 heteroatoms. The predicted octanol–water partition coefficient (Wildman–Crippen LogP) is 1.42. The topological polar surface area (TPSA) is 137 Å². The van der Waals surface area contributed by atoms with Gasteiger partial charge in [-0.3, -0.25) is 9.59 Å². The molecular weight excluding hydrogens is 348 g/mol. The minimum absolute atomic E-state index is 0.177. The molecule has 1 rings (SSSR count). The van der Waals surface area contributed by atoms with Gasteiger partial charge in [0.15, 0.2) is 0 Å². The molecule has 0 fully saturated rings. The van der Waals surface area contributed by atoms with Crippen LogP contribution in [0.3, 0.4) is 0 Å². The lowest BCUT2D eigenvalue weighted by atomic mass is 10.1. The Labute approximate surface area is 160 Å². The number of ether oxygens (including phenoxy) is 1. The van der Waals surface area contributed by atoms with Gasteiger partial charge in [-0.15, -0.1) is 0 Å². The van der Waals surface area contributed by atoms with E-state index in [9.17, 15) is 14.4 Å². The van der Waals surface area contributed by atoms with Gasteiger partial charge in [0.25, 0.3) is 5.91 Å². The Morgan fingerprint density at radius 1 is 1.19 bits per heavy atom. The number of nitrogens with one attached hydrogen (secondary N) is 2. The quantitative estimate of drug-likeness (QED) is 0.482. The lowest BCUT2D eigenvalue weighted by molar-refractivity contribution is -0.120. The average molecular weight is 378 g/mol. The van der Waals surface area contributed by atoms with Crippen LogP contribution < -0.4 is 22.1 Å². The average Bonchev–Trinajstić information content (AvgIpc) is 2.58. The summed E-state index contributed by atoms with van der Waals surface area (Å²) in [6.07, 6.45) is 0.932.